The lowest BCUT2D eigenvalue weighted by molar-refractivity contribution is 0.370. The minimum Gasteiger partial charge on any atom is -0.504 e. The predicted octanol–water partition coefficient (Wildman–Crippen LogP) is 1.13. The minimum absolute atomic E-state index is 0.121. The van der Waals surface area contributed by atoms with Crippen LogP contribution >= 0.6 is 0 Å². The lowest BCUT2D eigenvalue weighted by Crippen LogP contribution is -2.39. The molecule has 24 heavy (non-hydrogen) atoms. The van der Waals surface area contributed by atoms with Gasteiger partial charge in [-0.15, -0.1) is 0 Å². The summed E-state index contributed by atoms with van der Waals surface area (Å²) in [6.45, 7) is 3.67. The molecule has 0 bridgehead atoms. The van der Waals surface area contributed by atoms with Gasteiger partial charge in [-0.2, -0.15) is 5.10 Å². The molecule has 0 radical (unpaired) electrons. The van der Waals surface area contributed by atoms with Crippen molar-refractivity contribution in [3.8, 4) is 11.5 Å². The quantitative estimate of drug-likeness (QED) is 0.609. The molecule has 0 unspecified atom stereocenters. The molecule has 130 valence electrons. The number of nitrogens with zero attached hydrogens (tertiary/aromatic N) is 5. The van der Waals surface area contributed by atoms with Crippen LogP contribution in [-0.2, 0) is 20.1 Å². The van der Waals surface area contributed by atoms with E-state index in [1.165, 1.54) is 13.4 Å². The van der Waals surface area contributed by atoms with Crippen LogP contribution < -0.4 is 10.1 Å². The van der Waals surface area contributed by atoms with Crippen molar-refractivity contribution in [2.75, 3.05) is 20.7 Å². The summed E-state index contributed by atoms with van der Waals surface area (Å²) in [6, 6.07) is 5.38. The van der Waals surface area contributed by atoms with E-state index in [1.54, 1.807) is 10.7 Å². The Morgan fingerprint density at radius 2 is 2.25 bits per heavy atom. The Balaban J connectivity index is 2.14. The molecule has 0 saturated carbocycles. The van der Waals surface area contributed by atoms with Gasteiger partial charge in [-0.1, -0.05) is 12.1 Å². The highest BCUT2D eigenvalue weighted by Gasteiger charge is 2.11. The standard InChI is InChI=1S/C16H24N6O2/c1-5-17-16(21(2)10-14-19-11-20-22(14)3)18-9-12-7-6-8-13(24-4)15(12)23/h6-8,11,23H,5,9-10H2,1-4H3,(H,17,18). The number of aromatic hydroxyl groups is 1. The summed E-state index contributed by atoms with van der Waals surface area (Å²) in [5.41, 5.74) is 0.705. The van der Waals surface area contributed by atoms with E-state index in [-0.39, 0.29) is 5.75 Å². The lowest BCUT2D eigenvalue weighted by Gasteiger charge is -2.21. The average Bonchev–Trinajstić information content (AvgIpc) is 2.97. The maximum absolute atomic E-state index is 10.2. The van der Waals surface area contributed by atoms with Crippen molar-refractivity contribution in [1.82, 2.24) is 25.0 Å². The van der Waals surface area contributed by atoms with Gasteiger partial charge >= 0.3 is 0 Å². The van der Waals surface area contributed by atoms with Gasteiger partial charge in [0.05, 0.1) is 20.2 Å². The van der Waals surface area contributed by atoms with Gasteiger partial charge in [0, 0.05) is 26.2 Å². The fourth-order valence-electron chi connectivity index (χ4n) is 2.24. The van der Waals surface area contributed by atoms with Crippen molar-refractivity contribution in [2.45, 2.75) is 20.0 Å². The van der Waals surface area contributed by atoms with Crippen LogP contribution in [0.1, 0.15) is 18.3 Å². The molecule has 0 aliphatic rings. The molecule has 0 atom stereocenters. The van der Waals surface area contributed by atoms with Crippen LogP contribution in [-0.4, -0.2) is 51.4 Å². The van der Waals surface area contributed by atoms with Crippen LogP contribution in [0.2, 0.25) is 0 Å². The molecule has 1 heterocycles. The van der Waals surface area contributed by atoms with E-state index in [0.717, 1.165) is 18.3 Å². The first kappa shape index (κ1) is 17.6. The van der Waals surface area contributed by atoms with E-state index in [0.29, 0.717) is 24.4 Å². The molecule has 2 rings (SSSR count). The molecule has 2 N–H and O–H groups in total. The van der Waals surface area contributed by atoms with Crippen LogP contribution in [0.25, 0.3) is 0 Å². The summed E-state index contributed by atoms with van der Waals surface area (Å²) < 4.78 is 6.86. The number of phenols is 1. The van der Waals surface area contributed by atoms with Crippen molar-refractivity contribution in [3.63, 3.8) is 0 Å². The Morgan fingerprint density at radius 3 is 2.88 bits per heavy atom. The number of nitrogens with one attached hydrogen (secondary N) is 1. The van der Waals surface area contributed by atoms with Gasteiger partial charge in [-0.3, -0.25) is 4.68 Å². The van der Waals surface area contributed by atoms with Gasteiger partial charge in [-0.25, -0.2) is 9.98 Å². The zero-order valence-corrected chi connectivity index (χ0v) is 14.5. The number of guanidine groups is 1. The van der Waals surface area contributed by atoms with Gasteiger partial charge in [0.1, 0.15) is 12.2 Å². The van der Waals surface area contributed by atoms with E-state index in [2.05, 4.69) is 20.4 Å². The second-order valence-corrected chi connectivity index (χ2v) is 5.29. The number of para-hydroxylation sites is 1. The summed E-state index contributed by atoms with van der Waals surface area (Å²) in [7, 11) is 5.32. The van der Waals surface area contributed by atoms with Gasteiger partial charge in [0.15, 0.2) is 17.5 Å². The molecule has 0 aliphatic carbocycles. The van der Waals surface area contributed by atoms with E-state index in [9.17, 15) is 5.11 Å². The molecule has 2 aromatic rings. The van der Waals surface area contributed by atoms with E-state index >= 15 is 0 Å². The molecule has 0 aliphatic heterocycles. The van der Waals surface area contributed by atoms with Gasteiger partial charge in [0.2, 0.25) is 0 Å². The zero-order chi connectivity index (χ0) is 17.5. The van der Waals surface area contributed by atoms with Gasteiger partial charge in [0.25, 0.3) is 0 Å². The van der Waals surface area contributed by atoms with E-state index < -0.39 is 0 Å². The first-order valence-corrected chi connectivity index (χ1v) is 7.74. The van der Waals surface area contributed by atoms with Crippen LogP contribution in [0.5, 0.6) is 11.5 Å². The topological polar surface area (TPSA) is 87.8 Å². The summed E-state index contributed by atoms with van der Waals surface area (Å²) in [4.78, 5) is 10.8. The van der Waals surface area contributed by atoms with E-state index in [1.807, 2.05) is 38.1 Å². The fourth-order valence-corrected chi connectivity index (χ4v) is 2.24. The molecular weight excluding hydrogens is 308 g/mol. The number of aryl methyl sites for hydroxylation is 1. The van der Waals surface area contributed by atoms with Crippen molar-refractivity contribution in [2.24, 2.45) is 12.0 Å². The minimum atomic E-state index is 0.121. The van der Waals surface area contributed by atoms with Crippen molar-refractivity contribution < 1.29 is 9.84 Å². The fraction of sp³-hybridized carbons (Fsp3) is 0.438. The first-order valence-electron chi connectivity index (χ1n) is 7.74. The monoisotopic (exact) mass is 332 g/mol. The Kier molecular flexibility index (Phi) is 6.00. The second-order valence-electron chi connectivity index (χ2n) is 5.29. The smallest absolute Gasteiger partial charge is 0.194 e. The maximum atomic E-state index is 10.2. The average molecular weight is 332 g/mol. The molecule has 1 aromatic carbocycles. The molecule has 8 nitrogen and oxygen atoms in total. The van der Waals surface area contributed by atoms with Gasteiger partial charge < -0.3 is 20.1 Å². The van der Waals surface area contributed by atoms with Crippen LogP contribution in [0.4, 0.5) is 0 Å². The highest BCUT2D eigenvalue weighted by atomic mass is 16.5. The molecule has 0 fully saturated rings. The molecular formula is C16H24N6O2. The highest BCUT2D eigenvalue weighted by molar-refractivity contribution is 5.79. The van der Waals surface area contributed by atoms with Crippen molar-refractivity contribution in [1.29, 1.82) is 0 Å². The Hall–Kier alpha value is -2.77. The second kappa shape index (κ2) is 8.19. The molecule has 0 amide bonds. The summed E-state index contributed by atoms with van der Waals surface area (Å²) in [5.74, 6) is 2.13. The van der Waals surface area contributed by atoms with E-state index in [4.69, 9.17) is 4.74 Å². The molecule has 8 heteroatoms. The number of phenolic OH excluding ortho intramolecular Hbond substituents is 1. The Morgan fingerprint density at radius 1 is 1.46 bits per heavy atom. The largest absolute Gasteiger partial charge is 0.504 e. The number of hydrogen-bond donors (Lipinski definition) is 2. The summed E-state index contributed by atoms with van der Waals surface area (Å²) >= 11 is 0. The normalized spacial score (nSPS) is 11.4. The third-order valence-corrected chi connectivity index (χ3v) is 3.58. The highest BCUT2D eigenvalue weighted by Crippen LogP contribution is 2.29. The SMILES string of the molecule is CCNC(=NCc1cccc(OC)c1O)N(C)Cc1ncnn1C. The predicted molar refractivity (Wildman–Crippen MR) is 91.9 cm³/mol. The number of rotatable bonds is 6. The zero-order valence-electron chi connectivity index (χ0n) is 14.5. The van der Waals surface area contributed by atoms with Crippen LogP contribution in [0.15, 0.2) is 29.5 Å². The number of ether oxygens (including phenoxy) is 1. The number of aliphatic imine (C=N–C) groups is 1. The molecule has 0 spiro atoms. The number of benzene rings is 1. The molecule has 1 aromatic heterocycles. The summed E-state index contributed by atoms with van der Waals surface area (Å²) in [6.07, 6.45) is 1.53. The van der Waals surface area contributed by atoms with Crippen LogP contribution in [0, 0.1) is 0 Å². The summed E-state index contributed by atoms with van der Waals surface area (Å²) in [5, 5.41) is 17.5. The Labute approximate surface area is 141 Å². The number of hydrogen-bond acceptors (Lipinski definition) is 5. The Bertz CT molecular complexity index is 698. The maximum Gasteiger partial charge on any atom is 0.194 e. The lowest BCUT2D eigenvalue weighted by atomic mass is 10.2. The number of aromatic nitrogens is 3. The van der Waals surface area contributed by atoms with Crippen molar-refractivity contribution >= 4 is 5.96 Å². The van der Waals surface area contributed by atoms with Crippen molar-refractivity contribution in [3.05, 3.63) is 35.9 Å². The first-order chi connectivity index (χ1) is 11.6. The third kappa shape index (κ3) is 4.15. The molecule has 0 saturated heterocycles. The number of methoxy groups -OCH3 is 1. The van der Waals surface area contributed by atoms with Crippen LogP contribution in [0.3, 0.4) is 0 Å². The van der Waals surface area contributed by atoms with Gasteiger partial charge in [-0.05, 0) is 13.0 Å². The third-order valence-electron chi connectivity index (χ3n) is 3.58.